The molecule has 1 fully saturated rings. The van der Waals surface area contributed by atoms with Gasteiger partial charge >= 0.3 is 0 Å². The number of thiocarbonyl (C=S) groups is 1. The van der Waals surface area contributed by atoms with E-state index in [4.69, 9.17) is 18.0 Å². The van der Waals surface area contributed by atoms with Crippen molar-refractivity contribution < 1.29 is 4.79 Å². The van der Waals surface area contributed by atoms with Crippen LogP contribution in [-0.4, -0.2) is 17.4 Å². The minimum Gasteiger partial charge on any atom is -0.392 e. The molecule has 3 N–H and O–H groups in total. The molecule has 0 aromatic carbocycles. The Balaban J connectivity index is 2.50. The molecule has 98 valence electrons. The molecule has 3 nitrogen and oxygen atoms in total. The fourth-order valence-electron chi connectivity index (χ4n) is 2.21. The maximum Gasteiger partial charge on any atom is 0.232 e. The van der Waals surface area contributed by atoms with Gasteiger partial charge in [-0.25, -0.2) is 0 Å². The van der Waals surface area contributed by atoms with Gasteiger partial charge in [0.05, 0.1) is 10.4 Å². The zero-order valence-corrected chi connectivity index (χ0v) is 12.0. The molecule has 17 heavy (non-hydrogen) atoms. The smallest absolute Gasteiger partial charge is 0.232 e. The fourth-order valence-corrected chi connectivity index (χ4v) is 2.30. The molecule has 1 amide bonds. The topological polar surface area (TPSA) is 55.1 Å². The molecule has 1 aliphatic rings. The Bertz CT molecular complexity index is 307. The van der Waals surface area contributed by atoms with Crippen LogP contribution in [0.15, 0.2) is 0 Å². The number of carbonyl (C=O) groups excluding carboxylic acids is 1. The molecule has 1 aliphatic carbocycles. The molecule has 0 unspecified atom stereocenters. The highest BCUT2D eigenvalue weighted by atomic mass is 32.1. The molecule has 0 aromatic heterocycles. The second-order valence-electron chi connectivity index (χ2n) is 6.04. The largest absolute Gasteiger partial charge is 0.392 e. The van der Waals surface area contributed by atoms with E-state index in [9.17, 15) is 4.79 Å². The van der Waals surface area contributed by atoms with Crippen LogP contribution in [0.4, 0.5) is 0 Å². The Morgan fingerprint density at radius 3 is 2.35 bits per heavy atom. The summed E-state index contributed by atoms with van der Waals surface area (Å²) in [6, 6.07) is 0. The van der Waals surface area contributed by atoms with Crippen molar-refractivity contribution in [2.75, 3.05) is 6.54 Å². The van der Waals surface area contributed by atoms with E-state index >= 15 is 0 Å². The molecular weight excluding hydrogens is 232 g/mol. The molecule has 1 saturated carbocycles. The number of hydrogen-bond acceptors (Lipinski definition) is 2. The lowest BCUT2D eigenvalue weighted by Crippen LogP contribution is -2.47. The van der Waals surface area contributed by atoms with Gasteiger partial charge in [-0.1, -0.05) is 38.4 Å². The van der Waals surface area contributed by atoms with E-state index in [0.29, 0.717) is 0 Å². The van der Waals surface area contributed by atoms with Gasteiger partial charge in [0.25, 0.3) is 0 Å². The predicted molar refractivity (Wildman–Crippen MR) is 74.8 cm³/mol. The number of amides is 1. The van der Waals surface area contributed by atoms with E-state index in [2.05, 4.69) is 12.2 Å². The Hall–Kier alpha value is -0.640. The quantitative estimate of drug-likeness (QED) is 0.759. The van der Waals surface area contributed by atoms with Crippen molar-refractivity contribution in [1.82, 2.24) is 5.32 Å². The van der Waals surface area contributed by atoms with Gasteiger partial charge < -0.3 is 11.1 Å². The van der Waals surface area contributed by atoms with Gasteiger partial charge in [0, 0.05) is 6.54 Å². The molecule has 0 spiro atoms. The van der Waals surface area contributed by atoms with E-state index in [0.717, 1.165) is 6.54 Å². The average Bonchev–Trinajstić information content (AvgIpc) is 2.26. The first-order chi connectivity index (χ1) is 7.78. The maximum atomic E-state index is 12.0. The summed E-state index contributed by atoms with van der Waals surface area (Å²) < 4.78 is 0. The first-order valence-electron chi connectivity index (χ1n) is 6.36. The van der Waals surface area contributed by atoms with Crippen LogP contribution in [0.3, 0.4) is 0 Å². The minimum atomic E-state index is -0.750. The first-order valence-corrected chi connectivity index (χ1v) is 6.77. The molecule has 0 heterocycles. The molecule has 0 aromatic rings. The summed E-state index contributed by atoms with van der Waals surface area (Å²) >= 11 is 4.92. The third-order valence-corrected chi connectivity index (χ3v) is 4.43. The van der Waals surface area contributed by atoms with Crippen molar-refractivity contribution in [1.29, 1.82) is 0 Å². The lowest BCUT2D eigenvalue weighted by molar-refractivity contribution is -0.126. The molecule has 0 saturated heterocycles. The van der Waals surface area contributed by atoms with Gasteiger partial charge in [0.1, 0.15) is 0 Å². The Morgan fingerprint density at radius 2 is 1.88 bits per heavy atom. The summed E-state index contributed by atoms with van der Waals surface area (Å²) in [5.74, 6) is -0.0585. The summed E-state index contributed by atoms with van der Waals surface area (Å²) in [7, 11) is 0. The highest BCUT2D eigenvalue weighted by molar-refractivity contribution is 7.80. The molecule has 0 radical (unpaired) electrons. The third kappa shape index (κ3) is 3.66. The second kappa shape index (κ2) is 5.34. The summed E-state index contributed by atoms with van der Waals surface area (Å²) in [6.07, 6.45) is 6.25. The van der Waals surface area contributed by atoms with Crippen LogP contribution in [0.2, 0.25) is 0 Å². The minimum absolute atomic E-state index is 0.0585. The summed E-state index contributed by atoms with van der Waals surface area (Å²) in [5, 5.41) is 3.01. The number of carbonyl (C=O) groups is 1. The van der Waals surface area contributed by atoms with Gasteiger partial charge in [-0.2, -0.15) is 0 Å². The van der Waals surface area contributed by atoms with Crippen LogP contribution < -0.4 is 11.1 Å². The van der Waals surface area contributed by atoms with Gasteiger partial charge in [-0.15, -0.1) is 0 Å². The summed E-state index contributed by atoms with van der Waals surface area (Å²) in [6.45, 7) is 6.53. The summed E-state index contributed by atoms with van der Waals surface area (Å²) in [5.41, 5.74) is 5.08. The van der Waals surface area contributed by atoms with E-state index in [1.165, 1.54) is 32.1 Å². The van der Waals surface area contributed by atoms with Crippen LogP contribution in [0.25, 0.3) is 0 Å². The third-order valence-electron chi connectivity index (χ3n) is 3.92. The molecule has 0 bridgehead atoms. The Morgan fingerprint density at radius 1 is 1.35 bits per heavy atom. The van der Waals surface area contributed by atoms with E-state index in [-0.39, 0.29) is 16.3 Å². The van der Waals surface area contributed by atoms with Crippen molar-refractivity contribution in [3.8, 4) is 0 Å². The Kier molecular flexibility index (Phi) is 4.53. The van der Waals surface area contributed by atoms with Crippen molar-refractivity contribution >= 4 is 23.1 Å². The van der Waals surface area contributed by atoms with E-state index < -0.39 is 5.41 Å². The van der Waals surface area contributed by atoms with Crippen molar-refractivity contribution in [2.45, 2.75) is 52.9 Å². The molecule has 0 atom stereocenters. The van der Waals surface area contributed by atoms with E-state index in [1.54, 1.807) is 13.8 Å². The standard InChI is InChI=1S/C13H24N2OS/c1-12(2,10(14)17)11(16)15-9-13(3)7-5-4-6-8-13/h4-9H2,1-3H3,(H2,14,17)(H,15,16). The van der Waals surface area contributed by atoms with Crippen molar-refractivity contribution in [3.05, 3.63) is 0 Å². The molecule has 0 aliphatic heterocycles. The molecule has 1 rings (SSSR count). The van der Waals surface area contributed by atoms with Gasteiger partial charge in [0.15, 0.2) is 0 Å². The van der Waals surface area contributed by atoms with Crippen LogP contribution in [0.5, 0.6) is 0 Å². The maximum absolute atomic E-state index is 12.0. The first kappa shape index (κ1) is 14.4. The summed E-state index contributed by atoms with van der Waals surface area (Å²) in [4.78, 5) is 12.3. The SMILES string of the molecule is CC1(CNC(=O)C(C)(C)C(N)=S)CCCCC1. The van der Waals surface area contributed by atoms with Gasteiger partial charge in [0.2, 0.25) is 5.91 Å². The fraction of sp³-hybridized carbons (Fsp3) is 0.846. The normalized spacial score (nSPS) is 19.7. The van der Waals surface area contributed by atoms with Crippen LogP contribution in [0.1, 0.15) is 52.9 Å². The lowest BCUT2D eigenvalue weighted by atomic mass is 9.75. The average molecular weight is 256 g/mol. The monoisotopic (exact) mass is 256 g/mol. The zero-order chi connectivity index (χ0) is 13.1. The zero-order valence-electron chi connectivity index (χ0n) is 11.1. The van der Waals surface area contributed by atoms with Gasteiger partial charge in [-0.3, -0.25) is 4.79 Å². The van der Waals surface area contributed by atoms with Gasteiger partial charge in [-0.05, 0) is 32.1 Å². The van der Waals surface area contributed by atoms with Crippen LogP contribution in [-0.2, 0) is 4.79 Å². The number of rotatable bonds is 4. The van der Waals surface area contributed by atoms with Crippen molar-refractivity contribution in [2.24, 2.45) is 16.6 Å². The number of nitrogens with one attached hydrogen (secondary N) is 1. The molecule has 4 heteroatoms. The number of hydrogen-bond donors (Lipinski definition) is 2. The van der Waals surface area contributed by atoms with Crippen molar-refractivity contribution in [3.63, 3.8) is 0 Å². The Labute approximate surface area is 110 Å². The highest BCUT2D eigenvalue weighted by Gasteiger charge is 2.33. The van der Waals surface area contributed by atoms with E-state index in [1.807, 2.05) is 0 Å². The molecular formula is C13H24N2OS. The van der Waals surface area contributed by atoms with Crippen LogP contribution in [0, 0.1) is 10.8 Å². The van der Waals surface area contributed by atoms with Crippen LogP contribution >= 0.6 is 12.2 Å². The lowest BCUT2D eigenvalue weighted by Gasteiger charge is -2.34. The highest BCUT2D eigenvalue weighted by Crippen LogP contribution is 2.35. The number of nitrogens with two attached hydrogens (primary N) is 1. The predicted octanol–water partition coefficient (Wildman–Crippen LogP) is 2.39. The second-order valence-corrected chi connectivity index (χ2v) is 6.48.